The largest absolute Gasteiger partial charge is 0.304 e. The van der Waals surface area contributed by atoms with Gasteiger partial charge < -0.3 is 4.90 Å². The SMILES string of the molecule is Cn1ncc2c1Cc1ccccc1N(C(=O)c1ccncc1)C2. The third kappa shape index (κ3) is 2.30. The van der Waals surface area contributed by atoms with E-state index in [1.165, 1.54) is 0 Å². The van der Waals surface area contributed by atoms with Crippen LogP contribution in [0.15, 0.2) is 55.0 Å². The first-order chi connectivity index (χ1) is 11.2. The Bertz CT molecular complexity index is 870. The molecule has 0 saturated carbocycles. The molecule has 3 aromatic rings. The van der Waals surface area contributed by atoms with Gasteiger partial charge in [-0.05, 0) is 23.8 Å². The van der Waals surface area contributed by atoms with Gasteiger partial charge in [-0.25, -0.2) is 0 Å². The van der Waals surface area contributed by atoms with E-state index in [-0.39, 0.29) is 5.91 Å². The van der Waals surface area contributed by atoms with Crippen molar-refractivity contribution < 1.29 is 4.79 Å². The topological polar surface area (TPSA) is 51.0 Å². The van der Waals surface area contributed by atoms with E-state index in [0.29, 0.717) is 12.1 Å². The lowest BCUT2D eigenvalue weighted by atomic mass is 10.1. The molecule has 0 N–H and O–H groups in total. The van der Waals surface area contributed by atoms with Gasteiger partial charge in [0.15, 0.2) is 0 Å². The number of hydrogen-bond donors (Lipinski definition) is 0. The summed E-state index contributed by atoms with van der Waals surface area (Å²) in [6.07, 6.45) is 5.93. The van der Waals surface area contributed by atoms with Crippen LogP contribution in [0.25, 0.3) is 0 Å². The average molecular weight is 304 g/mol. The monoisotopic (exact) mass is 304 g/mol. The summed E-state index contributed by atoms with van der Waals surface area (Å²) in [5.74, 6) is -0.0171. The Morgan fingerprint density at radius 2 is 1.87 bits per heavy atom. The normalized spacial score (nSPS) is 13.2. The van der Waals surface area contributed by atoms with Gasteiger partial charge in [0, 0.05) is 48.4 Å². The van der Waals surface area contributed by atoms with Crippen molar-refractivity contribution >= 4 is 11.6 Å². The highest BCUT2D eigenvalue weighted by Gasteiger charge is 2.26. The molecule has 114 valence electrons. The summed E-state index contributed by atoms with van der Waals surface area (Å²) in [5, 5.41) is 4.35. The number of aromatic nitrogens is 3. The summed E-state index contributed by atoms with van der Waals surface area (Å²) >= 11 is 0. The predicted octanol–water partition coefficient (Wildman–Crippen LogP) is 2.57. The number of fused-ring (bicyclic) bond motifs is 2. The van der Waals surface area contributed by atoms with Crippen LogP contribution >= 0.6 is 0 Å². The van der Waals surface area contributed by atoms with Gasteiger partial charge in [-0.15, -0.1) is 0 Å². The average Bonchev–Trinajstić information content (AvgIpc) is 2.84. The van der Waals surface area contributed by atoms with Crippen molar-refractivity contribution in [1.82, 2.24) is 14.8 Å². The number of amides is 1. The molecule has 1 aliphatic heterocycles. The van der Waals surface area contributed by atoms with Gasteiger partial charge >= 0.3 is 0 Å². The minimum atomic E-state index is -0.0171. The summed E-state index contributed by atoms with van der Waals surface area (Å²) in [7, 11) is 1.95. The van der Waals surface area contributed by atoms with Crippen LogP contribution in [0.5, 0.6) is 0 Å². The van der Waals surface area contributed by atoms with E-state index in [0.717, 1.165) is 28.9 Å². The Morgan fingerprint density at radius 1 is 1.09 bits per heavy atom. The number of carbonyl (C=O) groups is 1. The van der Waals surface area contributed by atoms with Crippen LogP contribution in [0.3, 0.4) is 0 Å². The van der Waals surface area contributed by atoms with Gasteiger partial charge in [-0.1, -0.05) is 18.2 Å². The van der Waals surface area contributed by atoms with Gasteiger partial charge in [-0.2, -0.15) is 5.10 Å². The van der Waals surface area contributed by atoms with Gasteiger partial charge in [0.1, 0.15) is 0 Å². The molecule has 0 aliphatic carbocycles. The number of hydrogen-bond acceptors (Lipinski definition) is 3. The lowest BCUT2D eigenvalue weighted by Crippen LogP contribution is -2.30. The van der Waals surface area contributed by atoms with Crippen molar-refractivity contribution in [3.05, 3.63) is 77.4 Å². The molecule has 2 aromatic heterocycles. The number of nitrogens with zero attached hydrogens (tertiary/aromatic N) is 4. The van der Waals surface area contributed by atoms with E-state index >= 15 is 0 Å². The minimum absolute atomic E-state index is 0.0171. The molecule has 23 heavy (non-hydrogen) atoms. The molecular weight excluding hydrogens is 288 g/mol. The zero-order valence-corrected chi connectivity index (χ0v) is 12.8. The van der Waals surface area contributed by atoms with Crippen molar-refractivity contribution in [2.24, 2.45) is 7.05 Å². The zero-order valence-electron chi connectivity index (χ0n) is 12.8. The van der Waals surface area contributed by atoms with E-state index in [1.54, 1.807) is 24.5 Å². The van der Waals surface area contributed by atoms with E-state index in [9.17, 15) is 4.79 Å². The molecule has 5 nitrogen and oxygen atoms in total. The van der Waals surface area contributed by atoms with E-state index in [2.05, 4.69) is 16.1 Å². The summed E-state index contributed by atoms with van der Waals surface area (Å²) in [6, 6.07) is 11.6. The second kappa shape index (κ2) is 5.35. The molecule has 0 spiro atoms. The first kappa shape index (κ1) is 13.7. The highest BCUT2D eigenvalue weighted by atomic mass is 16.2. The van der Waals surface area contributed by atoms with Crippen molar-refractivity contribution in [3.63, 3.8) is 0 Å². The van der Waals surface area contributed by atoms with Crippen LogP contribution in [0.2, 0.25) is 0 Å². The molecule has 0 radical (unpaired) electrons. The molecule has 3 heterocycles. The fraction of sp³-hybridized carbons (Fsp3) is 0.167. The molecule has 1 aliphatic rings. The van der Waals surface area contributed by atoms with E-state index in [1.807, 2.05) is 41.0 Å². The summed E-state index contributed by atoms with van der Waals surface area (Å²) in [5.41, 5.74) is 4.98. The quantitative estimate of drug-likeness (QED) is 0.694. The van der Waals surface area contributed by atoms with Gasteiger partial charge in [-0.3, -0.25) is 14.5 Å². The Kier molecular flexibility index (Phi) is 3.19. The Morgan fingerprint density at radius 3 is 2.70 bits per heavy atom. The molecule has 1 amide bonds. The minimum Gasteiger partial charge on any atom is -0.304 e. The first-order valence-electron chi connectivity index (χ1n) is 7.53. The van der Waals surface area contributed by atoms with Gasteiger partial charge in [0.25, 0.3) is 5.91 Å². The van der Waals surface area contributed by atoms with Crippen LogP contribution in [-0.2, 0) is 20.0 Å². The van der Waals surface area contributed by atoms with Gasteiger partial charge in [0.05, 0.1) is 12.7 Å². The molecule has 4 rings (SSSR count). The number of rotatable bonds is 1. The van der Waals surface area contributed by atoms with Crippen molar-refractivity contribution in [3.8, 4) is 0 Å². The summed E-state index contributed by atoms with van der Waals surface area (Å²) in [4.78, 5) is 18.8. The Labute approximate surface area is 134 Å². The number of pyridine rings is 1. The van der Waals surface area contributed by atoms with E-state index < -0.39 is 0 Å². The fourth-order valence-electron chi connectivity index (χ4n) is 3.06. The fourth-order valence-corrected chi connectivity index (χ4v) is 3.06. The molecule has 0 saturated heterocycles. The van der Waals surface area contributed by atoms with Gasteiger partial charge in [0.2, 0.25) is 0 Å². The predicted molar refractivity (Wildman–Crippen MR) is 87.2 cm³/mol. The maximum Gasteiger partial charge on any atom is 0.258 e. The van der Waals surface area contributed by atoms with Crippen LogP contribution < -0.4 is 4.90 Å². The number of anilines is 1. The molecule has 1 aromatic carbocycles. The first-order valence-corrected chi connectivity index (χ1v) is 7.53. The maximum absolute atomic E-state index is 13.0. The Hall–Kier alpha value is -2.95. The molecule has 0 fully saturated rings. The zero-order chi connectivity index (χ0) is 15.8. The number of carbonyl (C=O) groups excluding carboxylic acids is 1. The van der Waals surface area contributed by atoms with Crippen LogP contribution in [0.1, 0.15) is 27.2 Å². The standard InChI is InChI=1S/C18H16N4O/c1-21-17-10-14-4-2-3-5-16(14)22(12-15(17)11-20-21)18(23)13-6-8-19-9-7-13/h2-9,11H,10,12H2,1H3. The third-order valence-electron chi connectivity index (χ3n) is 4.29. The molecular formula is C18H16N4O. The highest BCUT2D eigenvalue weighted by molar-refractivity contribution is 6.06. The summed E-state index contributed by atoms with van der Waals surface area (Å²) in [6.45, 7) is 0.529. The van der Waals surface area contributed by atoms with Crippen LogP contribution in [0.4, 0.5) is 5.69 Å². The molecule has 0 atom stereocenters. The highest BCUT2D eigenvalue weighted by Crippen LogP contribution is 2.31. The molecule has 5 heteroatoms. The number of benzene rings is 1. The van der Waals surface area contributed by atoms with E-state index in [4.69, 9.17) is 0 Å². The molecule has 0 bridgehead atoms. The van der Waals surface area contributed by atoms with Crippen LogP contribution in [-0.4, -0.2) is 20.7 Å². The second-order valence-electron chi connectivity index (χ2n) is 5.67. The Balaban J connectivity index is 1.84. The third-order valence-corrected chi connectivity index (χ3v) is 4.29. The lowest BCUT2D eigenvalue weighted by molar-refractivity contribution is 0.0985. The van der Waals surface area contributed by atoms with Crippen LogP contribution in [0, 0.1) is 0 Å². The van der Waals surface area contributed by atoms with Crippen molar-refractivity contribution in [2.75, 3.05) is 4.90 Å². The maximum atomic E-state index is 13.0. The smallest absolute Gasteiger partial charge is 0.258 e. The van der Waals surface area contributed by atoms with Crippen molar-refractivity contribution in [2.45, 2.75) is 13.0 Å². The number of aryl methyl sites for hydroxylation is 1. The number of para-hydroxylation sites is 1. The summed E-state index contributed by atoms with van der Waals surface area (Å²) < 4.78 is 1.90. The lowest BCUT2D eigenvalue weighted by Gasteiger charge is -2.23. The van der Waals surface area contributed by atoms with Crippen molar-refractivity contribution in [1.29, 1.82) is 0 Å². The molecule has 0 unspecified atom stereocenters. The second-order valence-corrected chi connectivity index (χ2v) is 5.67.